The summed E-state index contributed by atoms with van der Waals surface area (Å²) in [6, 6.07) is 8.70. The molecule has 4 nitrogen and oxygen atoms in total. The van der Waals surface area contributed by atoms with Gasteiger partial charge in [0, 0.05) is 10.2 Å². The molecule has 19 heavy (non-hydrogen) atoms. The SMILES string of the molecule is Cc1ccc(C(=O)O)c(Oc2cc(Br)ccc2C)n1. The maximum atomic E-state index is 11.1. The summed E-state index contributed by atoms with van der Waals surface area (Å²) in [7, 11) is 0. The summed E-state index contributed by atoms with van der Waals surface area (Å²) in [5.41, 5.74) is 1.65. The van der Waals surface area contributed by atoms with Gasteiger partial charge in [0.15, 0.2) is 0 Å². The summed E-state index contributed by atoms with van der Waals surface area (Å²) in [5.74, 6) is -0.376. The number of rotatable bonds is 3. The highest BCUT2D eigenvalue weighted by Crippen LogP contribution is 2.29. The van der Waals surface area contributed by atoms with Gasteiger partial charge in [-0.15, -0.1) is 0 Å². The average molecular weight is 322 g/mol. The fraction of sp³-hybridized carbons (Fsp3) is 0.143. The highest BCUT2D eigenvalue weighted by Gasteiger charge is 2.14. The predicted octanol–water partition coefficient (Wildman–Crippen LogP) is 3.95. The zero-order chi connectivity index (χ0) is 14.0. The van der Waals surface area contributed by atoms with Crippen molar-refractivity contribution in [2.24, 2.45) is 0 Å². The number of aromatic nitrogens is 1. The van der Waals surface area contributed by atoms with Crippen molar-refractivity contribution in [2.45, 2.75) is 13.8 Å². The van der Waals surface area contributed by atoms with Crippen molar-refractivity contribution in [1.82, 2.24) is 4.98 Å². The van der Waals surface area contributed by atoms with Gasteiger partial charge >= 0.3 is 5.97 Å². The molecule has 0 aliphatic carbocycles. The first-order valence-corrected chi connectivity index (χ1v) is 6.41. The van der Waals surface area contributed by atoms with Gasteiger partial charge in [0.25, 0.3) is 0 Å². The predicted molar refractivity (Wildman–Crippen MR) is 74.9 cm³/mol. The number of halogens is 1. The molecular formula is C14H12BrNO3. The summed E-state index contributed by atoms with van der Waals surface area (Å²) in [5, 5.41) is 9.13. The first-order chi connectivity index (χ1) is 8.97. The number of hydrogen-bond donors (Lipinski definition) is 1. The second kappa shape index (κ2) is 5.40. The lowest BCUT2D eigenvalue weighted by Crippen LogP contribution is -2.03. The van der Waals surface area contributed by atoms with E-state index >= 15 is 0 Å². The fourth-order valence-electron chi connectivity index (χ4n) is 1.56. The summed E-state index contributed by atoms with van der Waals surface area (Å²) < 4.78 is 6.50. The highest BCUT2D eigenvalue weighted by atomic mass is 79.9. The first kappa shape index (κ1) is 13.5. The number of ether oxygens (including phenoxy) is 1. The van der Waals surface area contributed by atoms with Gasteiger partial charge in [-0.3, -0.25) is 0 Å². The molecule has 0 amide bonds. The summed E-state index contributed by atoms with van der Waals surface area (Å²) in [4.78, 5) is 15.3. The van der Waals surface area contributed by atoms with Crippen LogP contribution >= 0.6 is 15.9 Å². The van der Waals surface area contributed by atoms with E-state index < -0.39 is 5.97 Å². The molecule has 2 aromatic rings. The van der Waals surface area contributed by atoms with Gasteiger partial charge in [0.05, 0.1) is 0 Å². The Hall–Kier alpha value is -1.88. The average Bonchev–Trinajstić information content (AvgIpc) is 2.33. The van der Waals surface area contributed by atoms with Crippen molar-refractivity contribution < 1.29 is 14.6 Å². The molecular weight excluding hydrogens is 310 g/mol. The van der Waals surface area contributed by atoms with E-state index in [-0.39, 0.29) is 11.4 Å². The van der Waals surface area contributed by atoms with Gasteiger partial charge in [-0.25, -0.2) is 9.78 Å². The van der Waals surface area contributed by atoms with Gasteiger partial charge in [-0.05, 0) is 43.7 Å². The summed E-state index contributed by atoms with van der Waals surface area (Å²) in [6.07, 6.45) is 0. The van der Waals surface area contributed by atoms with E-state index in [4.69, 9.17) is 9.84 Å². The van der Waals surface area contributed by atoms with E-state index in [1.54, 1.807) is 19.1 Å². The van der Waals surface area contributed by atoms with Crippen molar-refractivity contribution in [3.05, 3.63) is 51.6 Å². The number of nitrogens with zero attached hydrogens (tertiary/aromatic N) is 1. The van der Waals surface area contributed by atoms with Gasteiger partial charge in [-0.2, -0.15) is 0 Å². The van der Waals surface area contributed by atoms with Crippen LogP contribution in [0.2, 0.25) is 0 Å². The first-order valence-electron chi connectivity index (χ1n) is 5.62. The second-order valence-electron chi connectivity index (χ2n) is 4.12. The molecule has 2 rings (SSSR count). The Bertz CT molecular complexity index is 641. The molecule has 0 saturated heterocycles. The third-order valence-corrected chi connectivity index (χ3v) is 3.08. The Kier molecular flexibility index (Phi) is 3.85. The van der Waals surface area contributed by atoms with Crippen LogP contribution in [-0.4, -0.2) is 16.1 Å². The minimum atomic E-state index is -1.06. The molecule has 0 aliphatic heterocycles. The standard InChI is InChI=1S/C14H12BrNO3/c1-8-3-5-10(15)7-12(8)19-13-11(14(17)18)6-4-9(2)16-13/h3-7H,1-2H3,(H,17,18). The van der Waals surface area contributed by atoms with E-state index in [9.17, 15) is 4.79 Å². The van der Waals surface area contributed by atoms with Crippen LogP contribution in [0.3, 0.4) is 0 Å². The van der Waals surface area contributed by atoms with Gasteiger partial charge in [0.1, 0.15) is 11.3 Å². The number of carboxylic acids is 1. The maximum absolute atomic E-state index is 11.1. The van der Waals surface area contributed by atoms with E-state index in [0.717, 1.165) is 10.0 Å². The molecule has 0 aliphatic rings. The molecule has 1 N–H and O–H groups in total. The van der Waals surface area contributed by atoms with E-state index in [2.05, 4.69) is 20.9 Å². The number of carboxylic acid groups (broad SMARTS) is 1. The monoisotopic (exact) mass is 321 g/mol. The van der Waals surface area contributed by atoms with Crippen LogP contribution in [0.5, 0.6) is 11.6 Å². The van der Waals surface area contributed by atoms with Crippen LogP contribution in [-0.2, 0) is 0 Å². The molecule has 0 radical (unpaired) electrons. The molecule has 98 valence electrons. The van der Waals surface area contributed by atoms with Crippen LogP contribution in [0.1, 0.15) is 21.6 Å². The summed E-state index contributed by atoms with van der Waals surface area (Å²) in [6.45, 7) is 3.67. The minimum absolute atomic E-state index is 0.0463. The Morgan fingerprint density at radius 2 is 2.00 bits per heavy atom. The molecule has 5 heteroatoms. The lowest BCUT2D eigenvalue weighted by Gasteiger charge is -2.10. The topological polar surface area (TPSA) is 59.4 Å². The molecule has 1 aromatic heterocycles. The Balaban J connectivity index is 2.45. The van der Waals surface area contributed by atoms with Crippen molar-refractivity contribution >= 4 is 21.9 Å². The quantitative estimate of drug-likeness (QED) is 0.929. The third kappa shape index (κ3) is 3.12. The maximum Gasteiger partial charge on any atom is 0.341 e. The smallest absolute Gasteiger partial charge is 0.341 e. The summed E-state index contributed by atoms with van der Waals surface area (Å²) >= 11 is 3.35. The van der Waals surface area contributed by atoms with Crippen LogP contribution in [0, 0.1) is 13.8 Å². The number of pyridine rings is 1. The Morgan fingerprint density at radius 1 is 1.26 bits per heavy atom. The number of aryl methyl sites for hydroxylation is 2. The van der Waals surface area contributed by atoms with Crippen LogP contribution < -0.4 is 4.74 Å². The van der Waals surface area contributed by atoms with Gasteiger partial charge in [0.2, 0.25) is 5.88 Å². The molecule has 1 heterocycles. The third-order valence-electron chi connectivity index (χ3n) is 2.59. The van der Waals surface area contributed by atoms with Crippen molar-refractivity contribution in [3.63, 3.8) is 0 Å². The number of aromatic carboxylic acids is 1. The minimum Gasteiger partial charge on any atom is -0.477 e. The number of benzene rings is 1. The molecule has 0 atom stereocenters. The second-order valence-corrected chi connectivity index (χ2v) is 5.04. The van der Waals surface area contributed by atoms with Crippen molar-refractivity contribution in [2.75, 3.05) is 0 Å². The van der Waals surface area contributed by atoms with E-state index in [1.807, 2.05) is 19.1 Å². The van der Waals surface area contributed by atoms with Crippen molar-refractivity contribution in [1.29, 1.82) is 0 Å². The molecule has 0 saturated carbocycles. The molecule has 0 spiro atoms. The van der Waals surface area contributed by atoms with Crippen LogP contribution in [0.4, 0.5) is 0 Å². The zero-order valence-electron chi connectivity index (χ0n) is 10.5. The van der Waals surface area contributed by atoms with Crippen LogP contribution in [0.25, 0.3) is 0 Å². The normalized spacial score (nSPS) is 10.3. The largest absolute Gasteiger partial charge is 0.477 e. The molecule has 0 unspecified atom stereocenters. The fourth-order valence-corrected chi connectivity index (χ4v) is 1.90. The van der Waals surface area contributed by atoms with E-state index in [0.29, 0.717) is 11.4 Å². The van der Waals surface area contributed by atoms with E-state index in [1.165, 1.54) is 6.07 Å². The lowest BCUT2D eigenvalue weighted by atomic mass is 10.2. The Labute approximate surface area is 119 Å². The van der Waals surface area contributed by atoms with Crippen LogP contribution in [0.15, 0.2) is 34.8 Å². The van der Waals surface area contributed by atoms with Crippen molar-refractivity contribution in [3.8, 4) is 11.6 Å². The molecule has 0 fully saturated rings. The molecule has 0 bridgehead atoms. The van der Waals surface area contributed by atoms with Gasteiger partial charge < -0.3 is 9.84 Å². The zero-order valence-corrected chi connectivity index (χ0v) is 12.1. The number of carbonyl (C=O) groups is 1. The number of hydrogen-bond acceptors (Lipinski definition) is 3. The Morgan fingerprint density at radius 3 is 2.68 bits per heavy atom. The lowest BCUT2D eigenvalue weighted by molar-refractivity contribution is 0.0693. The highest BCUT2D eigenvalue weighted by molar-refractivity contribution is 9.10. The molecule has 1 aromatic carbocycles. The van der Waals surface area contributed by atoms with Gasteiger partial charge in [-0.1, -0.05) is 22.0 Å².